The van der Waals surface area contributed by atoms with E-state index in [1.807, 2.05) is 31.3 Å². The molecule has 0 aliphatic carbocycles. The van der Waals surface area contributed by atoms with E-state index >= 15 is 0 Å². The lowest BCUT2D eigenvalue weighted by Gasteiger charge is -2.16. The Hall–Kier alpha value is -0.480. The van der Waals surface area contributed by atoms with Gasteiger partial charge < -0.3 is 10.1 Å². The van der Waals surface area contributed by atoms with Gasteiger partial charge in [0.25, 0.3) is 0 Å². The van der Waals surface area contributed by atoms with Crippen molar-refractivity contribution < 1.29 is 4.74 Å². The maximum absolute atomic E-state index is 5.91. The molecule has 0 bridgehead atoms. The number of rotatable bonds is 6. The molecule has 1 aliphatic heterocycles. The van der Waals surface area contributed by atoms with Crippen LogP contribution < -0.4 is 10.1 Å². The molecule has 3 nitrogen and oxygen atoms in total. The molecule has 1 saturated heterocycles. The third kappa shape index (κ3) is 5.57. The van der Waals surface area contributed by atoms with Crippen molar-refractivity contribution in [2.45, 2.75) is 6.42 Å². The summed E-state index contributed by atoms with van der Waals surface area (Å²) in [5.41, 5.74) is 0. The summed E-state index contributed by atoms with van der Waals surface area (Å²) in [7, 11) is 2.02. The second kappa shape index (κ2) is 8.64. The molecule has 1 fully saturated rings. The third-order valence-corrected chi connectivity index (χ3v) is 3.57. The van der Waals surface area contributed by atoms with Crippen molar-refractivity contribution in [1.29, 1.82) is 0 Å². The van der Waals surface area contributed by atoms with E-state index in [0.29, 0.717) is 0 Å². The molecule has 0 saturated carbocycles. The smallest absolute Gasteiger partial charge is 0.120 e. The number of likely N-dealkylation sites (tertiary alicyclic amines) is 1. The van der Waals surface area contributed by atoms with Crippen LogP contribution in [0.5, 0.6) is 5.75 Å². The molecule has 1 N–H and O–H groups in total. The standard InChI is InChI=1S/C14H21ClN2O.ClH/c1-16-10-12-5-6-17(11-12)7-8-18-14-4-2-3-13(15)9-14;/h2-4,9,12,16H,5-8,10-11H2,1H3;1H. The molecule has 0 radical (unpaired) electrons. The Labute approximate surface area is 126 Å². The number of hydrogen-bond donors (Lipinski definition) is 1. The Balaban J connectivity index is 0.00000180. The first-order valence-electron chi connectivity index (χ1n) is 6.53. The summed E-state index contributed by atoms with van der Waals surface area (Å²) in [6, 6.07) is 7.57. The van der Waals surface area contributed by atoms with Crippen LogP contribution in [0.1, 0.15) is 6.42 Å². The van der Waals surface area contributed by atoms with E-state index in [-0.39, 0.29) is 12.4 Å². The summed E-state index contributed by atoms with van der Waals surface area (Å²) in [6.45, 7) is 5.20. The van der Waals surface area contributed by atoms with Crippen LogP contribution in [-0.4, -0.2) is 44.7 Å². The highest BCUT2D eigenvalue weighted by Crippen LogP contribution is 2.18. The SMILES string of the molecule is CNCC1CCN(CCOc2cccc(Cl)c2)C1.Cl. The van der Waals surface area contributed by atoms with Crippen molar-refractivity contribution in [2.24, 2.45) is 5.92 Å². The predicted molar refractivity (Wildman–Crippen MR) is 82.7 cm³/mol. The minimum atomic E-state index is 0. The van der Waals surface area contributed by atoms with Gasteiger partial charge in [0.1, 0.15) is 12.4 Å². The number of nitrogens with one attached hydrogen (secondary N) is 1. The van der Waals surface area contributed by atoms with Gasteiger partial charge >= 0.3 is 0 Å². The average Bonchev–Trinajstić information content (AvgIpc) is 2.78. The quantitative estimate of drug-likeness (QED) is 0.874. The van der Waals surface area contributed by atoms with Crippen molar-refractivity contribution in [2.75, 3.05) is 39.8 Å². The van der Waals surface area contributed by atoms with E-state index in [4.69, 9.17) is 16.3 Å². The Bertz CT molecular complexity index is 376. The Kier molecular flexibility index (Phi) is 7.54. The molecule has 1 heterocycles. The molecule has 1 atom stereocenters. The van der Waals surface area contributed by atoms with Crippen LogP contribution in [0.15, 0.2) is 24.3 Å². The van der Waals surface area contributed by atoms with Crippen molar-refractivity contribution in [3.8, 4) is 5.75 Å². The van der Waals surface area contributed by atoms with Crippen LogP contribution in [-0.2, 0) is 0 Å². The highest BCUT2D eigenvalue weighted by atomic mass is 35.5. The summed E-state index contributed by atoms with van der Waals surface area (Å²) in [5, 5.41) is 3.97. The van der Waals surface area contributed by atoms with Gasteiger partial charge in [-0.25, -0.2) is 0 Å². The van der Waals surface area contributed by atoms with Crippen LogP contribution in [0.25, 0.3) is 0 Å². The maximum Gasteiger partial charge on any atom is 0.120 e. The predicted octanol–water partition coefficient (Wildman–Crippen LogP) is 2.68. The van der Waals surface area contributed by atoms with E-state index in [9.17, 15) is 0 Å². The lowest BCUT2D eigenvalue weighted by atomic mass is 10.1. The monoisotopic (exact) mass is 304 g/mol. The summed E-state index contributed by atoms with van der Waals surface area (Å²) < 4.78 is 5.70. The number of ether oxygens (including phenoxy) is 1. The lowest BCUT2D eigenvalue weighted by molar-refractivity contribution is 0.232. The fraction of sp³-hybridized carbons (Fsp3) is 0.571. The Morgan fingerprint density at radius 3 is 3.05 bits per heavy atom. The molecular formula is C14H22Cl2N2O. The first-order chi connectivity index (χ1) is 8.78. The minimum absolute atomic E-state index is 0. The van der Waals surface area contributed by atoms with Gasteiger partial charge in [-0.15, -0.1) is 12.4 Å². The molecule has 0 amide bonds. The zero-order chi connectivity index (χ0) is 12.8. The van der Waals surface area contributed by atoms with Crippen LogP contribution in [0.4, 0.5) is 0 Å². The fourth-order valence-electron chi connectivity index (χ4n) is 2.42. The topological polar surface area (TPSA) is 24.5 Å². The van der Waals surface area contributed by atoms with Gasteiger partial charge in [0.2, 0.25) is 0 Å². The molecule has 108 valence electrons. The largest absolute Gasteiger partial charge is 0.492 e. The van der Waals surface area contributed by atoms with Crippen molar-refractivity contribution in [3.63, 3.8) is 0 Å². The molecule has 19 heavy (non-hydrogen) atoms. The first-order valence-corrected chi connectivity index (χ1v) is 6.91. The molecule has 2 rings (SSSR count). The first kappa shape index (κ1) is 16.6. The minimum Gasteiger partial charge on any atom is -0.492 e. The van der Waals surface area contributed by atoms with Crippen LogP contribution in [0, 0.1) is 5.92 Å². The van der Waals surface area contributed by atoms with Crippen LogP contribution >= 0.6 is 24.0 Å². The highest BCUT2D eigenvalue weighted by molar-refractivity contribution is 6.30. The second-order valence-corrected chi connectivity index (χ2v) is 5.26. The van der Waals surface area contributed by atoms with Crippen molar-refractivity contribution in [1.82, 2.24) is 10.2 Å². The van der Waals surface area contributed by atoms with Gasteiger partial charge in [-0.2, -0.15) is 0 Å². The van der Waals surface area contributed by atoms with E-state index in [2.05, 4.69) is 10.2 Å². The number of halogens is 2. The lowest BCUT2D eigenvalue weighted by Crippen LogP contribution is -2.28. The van der Waals surface area contributed by atoms with Gasteiger partial charge in [0, 0.05) is 18.1 Å². The van der Waals surface area contributed by atoms with Gasteiger partial charge in [-0.05, 0) is 50.7 Å². The Morgan fingerprint density at radius 1 is 1.47 bits per heavy atom. The number of nitrogens with zero attached hydrogens (tertiary/aromatic N) is 1. The Morgan fingerprint density at radius 2 is 2.32 bits per heavy atom. The zero-order valence-electron chi connectivity index (χ0n) is 11.3. The van der Waals surface area contributed by atoms with Gasteiger partial charge in [0.15, 0.2) is 0 Å². The molecule has 0 spiro atoms. The summed E-state index contributed by atoms with van der Waals surface area (Å²) >= 11 is 5.91. The van der Waals surface area contributed by atoms with Gasteiger partial charge in [-0.1, -0.05) is 17.7 Å². The molecule has 5 heteroatoms. The van der Waals surface area contributed by atoms with Crippen LogP contribution in [0.3, 0.4) is 0 Å². The van der Waals surface area contributed by atoms with E-state index in [1.165, 1.54) is 19.5 Å². The summed E-state index contributed by atoms with van der Waals surface area (Å²) in [4.78, 5) is 2.46. The van der Waals surface area contributed by atoms with E-state index in [1.54, 1.807) is 0 Å². The van der Waals surface area contributed by atoms with Crippen molar-refractivity contribution >= 4 is 24.0 Å². The average molecular weight is 305 g/mol. The highest BCUT2D eigenvalue weighted by Gasteiger charge is 2.21. The molecule has 1 aliphatic rings. The molecule has 0 aromatic heterocycles. The molecule has 1 unspecified atom stereocenters. The number of benzene rings is 1. The molecule has 1 aromatic carbocycles. The summed E-state index contributed by atoms with van der Waals surface area (Å²) in [6.07, 6.45) is 1.29. The van der Waals surface area contributed by atoms with E-state index in [0.717, 1.165) is 36.4 Å². The summed E-state index contributed by atoms with van der Waals surface area (Å²) in [5.74, 6) is 1.65. The maximum atomic E-state index is 5.91. The van der Waals surface area contributed by atoms with Crippen molar-refractivity contribution in [3.05, 3.63) is 29.3 Å². The van der Waals surface area contributed by atoms with Gasteiger partial charge in [0.05, 0.1) is 0 Å². The zero-order valence-corrected chi connectivity index (χ0v) is 12.8. The van der Waals surface area contributed by atoms with Crippen LogP contribution in [0.2, 0.25) is 5.02 Å². The van der Waals surface area contributed by atoms with Gasteiger partial charge in [-0.3, -0.25) is 4.90 Å². The normalized spacial score (nSPS) is 19.2. The molecular weight excluding hydrogens is 283 g/mol. The fourth-order valence-corrected chi connectivity index (χ4v) is 2.60. The molecule has 1 aromatic rings. The second-order valence-electron chi connectivity index (χ2n) is 4.82. The third-order valence-electron chi connectivity index (χ3n) is 3.34. The number of hydrogen-bond acceptors (Lipinski definition) is 3. The van der Waals surface area contributed by atoms with E-state index < -0.39 is 0 Å².